The molecule has 0 bridgehead atoms. The number of anilines is 1. The number of rotatable bonds is 2. The van der Waals surface area contributed by atoms with Gasteiger partial charge in [-0.2, -0.15) is 0 Å². The largest absolute Gasteiger partial charge is 0.392 e. The highest BCUT2D eigenvalue weighted by Crippen LogP contribution is 2.28. The van der Waals surface area contributed by atoms with Crippen LogP contribution in [-0.4, -0.2) is 17.1 Å². The van der Waals surface area contributed by atoms with Gasteiger partial charge in [0, 0.05) is 10.2 Å². The number of benzene rings is 1. The summed E-state index contributed by atoms with van der Waals surface area (Å²) in [6, 6.07) is 5.70. The Morgan fingerprint density at radius 2 is 2.24 bits per heavy atom. The van der Waals surface area contributed by atoms with E-state index >= 15 is 0 Å². The molecule has 2 atom stereocenters. The fraction of sp³-hybridized carbons (Fsp3) is 0.462. The Morgan fingerprint density at radius 3 is 2.88 bits per heavy atom. The second-order valence-electron chi connectivity index (χ2n) is 4.51. The van der Waals surface area contributed by atoms with Crippen LogP contribution < -0.4 is 5.32 Å². The molecule has 1 fully saturated rings. The van der Waals surface area contributed by atoms with E-state index in [2.05, 4.69) is 21.2 Å². The molecule has 1 aliphatic carbocycles. The first-order chi connectivity index (χ1) is 8.09. The lowest BCUT2D eigenvalue weighted by atomic mass is 10.0. The van der Waals surface area contributed by atoms with E-state index in [1.807, 2.05) is 25.1 Å². The zero-order valence-electron chi connectivity index (χ0n) is 9.74. The highest BCUT2D eigenvalue weighted by molar-refractivity contribution is 9.10. The van der Waals surface area contributed by atoms with Gasteiger partial charge in [-0.3, -0.25) is 4.79 Å². The number of aliphatic hydroxyl groups excluding tert-OH is 1. The van der Waals surface area contributed by atoms with Crippen LogP contribution in [0.4, 0.5) is 5.69 Å². The van der Waals surface area contributed by atoms with Gasteiger partial charge in [0.2, 0.25) is 5.91 Å². The van der Waals surface area contributed by atoms with Gasteiger partial charge >= 0.3 is 0 Å². The van der Waals surface area contributed by atoms with Crippen LogP contribution >= 0.6 is 15.9 Å². The van der Waals surface area contributed by atoms with E-state index < -0.39 is 6.10 Å². The van der Waals surface area contributed by atoms with Crippen molar-refractivity contribution in [1.29, 1.82) is 0 Å². The van der Waals surface area contributed by atoms with E-state index in [9.17, 15) is 9.90 Å². The Bertz CT molecular complexity index is 433. The standard InChI is InChI=1S/C13H16BrNO2/c1-8-10(14)5-3-6-11(8)15-13(17)9-4-2-7-12(9)16/h3,5-6,9,12,16H,2,4,7H2,1H3,(H,15,17). The summed E-state index contributed by atoms with van der Waals surface area (Å²) >= 11 is 3.43. The molecule has 0 spiro atoms. The minimum absolute atomic E-state index is 0.0730. The molecule has 3 nitrogen and oxygen atoms in total. The highest BCUT2D eigenvalue weighted by atomic mass is 79.9. The minimum atomic E-state index is -0.484. The molecule has 4 heteroatoms. The van der Waals surface area contributed by atoms with Crippen molar-refractivity contribution >= 4 is 27.5 Å². The smallest absolute Gasteiger partial charge is 0.230 e. The zero-order chi connectivity index (χ0) is 12.4. The van der Waals surface area contributed by atoms with Crippen molar-refractivity contribution in [2.24, 2.45) is 5.92 Å². The first-order valence-corrected chi connectivity index (χ1v) is 6.63. The first-order valence-electron chi connectivity index (χ1n) is 5.83. The van der Waals surface area contributed by atoms with E-state index in [0.717, 1.165) is 35.0 Å². The first kappa shape index (κ1) is 12.6. The average Bonchev–Trinajstić information content (AvgIpc) is 2.71. The average molecular weight is 298 g/mol. The normalized spacial score (nSPS) is 23.7. The van der Waals surface area contributed by atoms with Gasteiger partial charge in [-0.1, -0.05) is 22.0 Å². The van der Waals surface area contributed by atoms with Gasteiger partial charge < -0.3 is 10.4 Å². The number of aliphatic hydroxyl groups is 1. The number of amides is 1. The summed E-state index contributed by atoms with van der Waals surface area (Å²) in [7, 11) is 0. The van der Waals surface area contributed by atoms with Gasteiger partial charge in [0.1, 0.15) is 0 Å². The number of nitrogens with one attached hydrogen (secondary N) is 1. The van der Waals surface area contributed by atoms with Crippen molar-refractivity contribution in [2.75, 3.05) is 5.32 Å². The summed E-state index contributed by atoms with van der Waals surface area (Å²) in [6.07, 6.45) is 1.95. The number of hydrogen-bond donors (Lipinski definition) is 2. The molecule has 2 unspecified atom stereocenters. The molecule has 1 amide bonds. The molecule has 17 heavy (non-hydrogen) atoms. The maximum absolute atomic E-state index is 12.0. The lowest BCUT2D eigenvalue weighted by Gasteiger charge is -2.16. The van der Waals surface area contributed by atoms with Crippen molar-refractivity contribution in [2.45, 2.75) is 32.3 Å². The molecule has 1 saturated carbocycles. The molecule has 0 aliphatic heterocycles. The third-order valence-electron chi connectivity index (χ3n) is 3.34. The third-order valence-corrected chi connectivity index (χ3v) is 4.20. The number of halogens is 1. The zero-order valence-corrected chi connectivity index (χ0v) is 11.3. The fourth-order valence-corrected chi connectivity index (χ4v) is 2.58. The number of carbonyl (C=O) groups excluding carboxylic acids is 1. The second kappa shape index (κ2) is 5.19. The summed E-state index contributed by atoms with van der Waals surface area (Å²) in [5, 5.41) is 12.6. The van der Waals surface area contributed by atoms with Crippen LogP contribution in [0.1, 0.15) is 24.8 Å². The van der Waals surface area contributed by atoms with Crippen molar-refractivity contribution in [1.82, 2.24) is 0 Å². The lowest BCUT2D eigenvalue weighted by molar-refractivity contribution is -0.122. The molecule has 0 saturated heterocycles. The second-order valence-corrected chi connectivity index (χ2v) is 5.36. The summed E-state index contributed by atoms with van der Waals surface area (Å²) in [5.41, 5.74) is 1.82. The Labute approximate surface area is 109 Å². The number of hydrogen-bond acceptors (Lipinski definition) is 2. The van der Waals surface area contributed by atoms with Crippen LogP contribution in [0.25, 0.3) is 0 Å². The molecule has 1 aromatic carbocycles. The van der Waals surface area contributed by atoms with Crippen molar-refractivity contribution < 1.29 is 9.90 Å². The Kier molecular flexibility index (Phi) is 3.84. The Morgan fingerprint density at radius 1 is 1.47 bits per heavy atom. The van der Waals surface area contributed by atoms with Crippen molar-refractivity contribution in [3.8, 4) is 0 Å². The molecule has 2 N–H and O–H groups in total. The topological polar surface area (TPSA) is 49.3 Å². The van der Waals surface area contributed by atoms with Gasteiger partial charge in [-0.05, 0) is 43.9 Å². The van der Waals surface area contributed by atoms with Gasteiger partial charge in [0.05, 0.1) is 12.0 Å². The van der Waals surface area contributed by atoms with Crippen LogP contribution in [-0.2, 0) is 4.79 Å². The Hall–Kier alpha value is -0.870. The molecular weight excluding hydrogens is 282 g/mol. The Balaban J connectivity index is 2.10. The van der Waals surface area contributed by atoms with E-state index in [1.54, 1.807) is 0 Å². The quantitative estimate of drug-likeness (QED) is 0.882. The maximum Gasteiger partial charge on any atom is 0.230 e. The third kappa shape index (κ3) is 2.69. The number of carbonyl (C=O) groups is 1. The highest BCUT2D eigenvalue weighted by Gasteiger charge is 2.31. The maximum atomic E-state index is 12.0. The molecule has 0 aromatic heterocycles. The molecule has 0 radical (unpaired) electrons. The van der Waals surface area contributed by atoms with Crippen LogP contribution in [0.3, 0.4) is 0 Å². The molecule has 0 heterocycles. The van der Waals surface area contributed by atoms with E-state index in [0.29, 0.717) is 0 Å². The summed E-state index contributed by atoms with van der Waals surface area (Å²) in [5.74, 6) is -0.329. The van der Waals surface area contributed by atoms with Gasteiger partial charge in [0.25, 0.3) is 0 Å². The molecular formula is C13H16BrNO2. The molecule has 2 rings (SSSR count). The van der Waals surface area contributed by atoms with Crippen LogP contribution in [0.15, 0.2) is 22.7 Å². The monoisotopic (exact) mass is 297 g/mol. The fourth-order valence-electron chi connectivity index (χ4n) is 2.21. The summed E-state index contributed by atoms with van der Waals surface area (Å²) in [4.78, 5) is 12.0. The van der Waals surface area contributed by atoms with Gasteiger partial charge in [-0.25, -0.2) is 0 Å². The minimum Gasteiger partial charge on any atom is -0.392 e. The van der Waals surface area contributed by atoms with Crippen LogP contribution in [0, 0.1) is 12.8 Å². The molecule has 1 aromatic rings. The van der Waals surface area contributed by atoms with Crippen molar-refractivity contribution in [3.05, 3.63) is 28.2 Å². The van der Waals surface area contributed by atoms with E-state index in [4.69, 9.17) is 0 Å². The molecule has 1 aliphatic rings. The summed E-state index contributed by atoms with van der Waals surface area (Å²) < 4.78 is 0.974. The van der Waals surface area contributed by atoms with Crippen LogP contribution in [0.5, 0.6) is 0 Å². The summed E-state index contributed by atoms with van der Waals surface area (Å²) in [6.45, 7) is 1.95. The van der Waals surface area contributed by atoms with E-state index in [-0.39, 0.29) is 11.8 Å². The van der Waals surface area contributed by atoms with Gasteiger partial charge in [0.15, 0.2) is 0 Å². The molecule has 92 valence electrons. The lowest BCUT2D eigenvalue weighted by Crippen LogP contribution is -2.28. The SMILES string of the molecule is Cc1c(Br)cccc1NC(=O)C1CCCC1O. The van der Waals surface area contributed by atoms with Crippen LogP contribution in [0.2, 0.25) is 0 Å². The predicted octanol–water partition coefficient (Wildman–Crippen LogP) is 2.86. The van der Waals surface area contributed by atoms with Crippen molar-refractivity contribution in [3.63, 3.8) is 0 Å². The van der Waals surface area contributed by atoms with E-state index in [1.165, 1.54) is 0 Å². The van der Waals surface area contributed by atoms with Gasteiger partial charge in [-0.15, -0.1) is 0 Å². The predicted molar refractivity (Wildman–Crippen MR) is 70.9 cm³/mol.